The third-order valence-corrected chi connectivity index (χ3v) is 3.91. The van der Waals surface area contributed by atoms with E-state index >= 15 is 0 Å². The molecule has 0 bridgehead atoms. The zero-order chi connectivity index (χ0) is 17.8. The van der Waals surface area contributed by atoms with Crippen molar-refractivity contribution in [3.05, 3.63) is 54.3 Å². The van der Waals surface area contributed by atoms with Crippen LogP contribution in [0.5, 0.6) is 11.5 Å². The predicted molar refractivity (Wildman–Crippen MR) is 95.9 cm³/mol. The monoisotopic (exact) mass is 340 g/mol. The fraction of sp³-hybridized carbons (Fsp3) is 0.211. The number of hydrogen-bond acceptors (Lipinski definition) is 4. The van der Waals surface area contributed by atoms with Gasteiger partial charge in [0.05, 0.1) is 13.4 Å². The van der Waals surface area contributed by atoms with Gasteiger partial charge in [-0.1, -0.05) is 6.92 Å². The Morgan fingerprint density at radius 2 is 1.88 bits per heavy atom. The number of amides is 2. The second-order valence-electron chi connectivity index (χ2n) is 5.51. The molecule has 1 N–H and O–H groups in total. The number of ether oxygens (including phenoxy) is 1. The summed E-state index contributed by atoms with van der Waals surface area (Å²) < 4.78 is 11.4. The molecular formula is C19H20N2O4. The minimum atomic E-state index is -0.353. The van der Waals surface area contributed by atoms with Gasteiger partial charge in [0.15, 0.2) is 0 Å². The fourth-order valence-electron chi connectivity index (χ4n) is 2.43. The molecule has 25 heavy (non-hydrogen) atoms. The Labute approximate surface area is 145 Å². The van der Waals surface area contributed by atoms with Gasteiger partial charge in [-0.05, 0) is 54.4 Å². The Balaban J connectivity index is 1.72. The van der Waals surface area contributed by atoms with E-state index < -0.39 is 0 Å². The highest BCUT2D eigenvalue weighted by atomic mass is 16.7. The van der Waals surface area contributed by atoms with Crippen LogP contribution in [-0.4, -0.2) is 25.3 Å². The number of hydroxylamine groups is 2. The Bertz CT molecular complexity index is 871. The van der Waals surface area contributed by atoms with E-state index in [4.69, 9.17) is 14.0 Å². The van der Waals surface area contributed by atoms with Crippen LogP contribution in [0.15, 0.2) is 53.1 Å². The molecule has 0 saturated heterocycles. The number of nitrogens with one attached hydrogen (secondary N) is 1. The normalized spacial score (nSPS) is 10.7. The number of urea groups is 1. The molecule has 3 aromatic rings. The van der Waals surface area contributed by atoms with E-state index in [0.29, 0.717) is 11.4 Å². The number of furan rings is 1. The number of fused-ring (bicyclic) bond motifs is 1. The SMILES string of the molecule is CCc1coc2ccc(Oc3ccc(NC(=O)N(C)OC)cc3)cc12. The number of aryl methyl sites for hydroxylation is 1. The van der Waals surface area contributed by atoms with Crippen molar-refractivity contribution < 1.29 is 18.8 Å². The molecule has 0 aliphatic heterocycles. The van der Waals surface area contributed by atoms with Crippen LogP contribution in [0.3, 0.4) is 0 Å². The maximum absolute atomic E-state index is 11.7. The highest BCUT2D eigenvalue weighted by Gasteiger charge is 2.09. The standard InChI is InChI=1S/C19H20N2O4/c1-4-13-12-24-18-10-9-16(11-17(13)18)25-15-7-5-14(6-8-15)20-19(22)21(2)23-3/h5-12H,4H2,1-3H3,(H,20,22). The lowest BCUT2D eigenvalue weighted by atomic mass is 10.1. The number of benzene rings is 2. The summed E-state index contributed by atoms with van der Waals surface area (Å²) in [5.74, 6) is 1.42. The van der Waals surface area contributed by atoms with Gasteiger partial charge in [-0.15, -0.1) is 0 Å². The predicted octanol–water partition coefficient (Wildman–Crippen LogP) is 4.81. The lowest BCUT2D eigenvalue weighted by molar-refractivity contribution is -0.0598. The van der Waals surface area contributed by atoms with Gasteiger partial charge in [-0.3, -0.25) is 4.84 Å². The number of carbonyl (C=O) groups excluding carboxylic acids is 1. The van der Waals surface area contributed by atoms with Crippen molar-refractivity contribution in [2.75, 3.05) is 19.5 Å². The first-order chi connectivity index (χ1) is 12.1. The Morgan fingerprint density at radius 1 is 1.16 bits per heavy atom. The zero-order valence-corrected chi connectivity index (χ0v) is 14.4. The summed E-state index contributed by atoms with van der Waals surface area (Å²) >= 11 is 0. The summed E-state index contributed by atoms with van der Waals surface area (Å²) in [6.07, 6.45) is 2.68. The topological polar surface area (TPSA) is 63.9 Å². The van der Waals surface area contributed by atoms with Crippen LogP contribution in [-0.2, 0) is 11.3 Å². The van der Waals surface area contributed by atoms with Crippen molar-refractivity contribution >= 4 is 22.7 Å². The summed E-state index contributed by atoms with van der Waals surface area (Å²) in [5.41, 5.74) is 2.66. The van der Waals surface area contributed by atoms with E-state index in [0.717, 1.165) is 33.8 Å². The molecule has 0 radical (unpaired) electrons. The minimum absolute atomic E-state index is 0.353. The fourth-order valence-corrected chi connectivity index (χ4v) is 2.43. The molecule has 3 rings (SSSR count). The molecule has 1 aromatic heterocycles. The first kappa shape index (κ1) is 16.9. The maximum atomic E-state index is 11.7. The third kappa shape index (κ3) is 3.75. The number of nitrogens with zero attached hydrogens (tertiary/aromatic N) is 1. The summed E-state index contributed by atoms with van der Waals surface area (Å²) in [4.78, 5) is 16.6. The summed E-state index contributed by atoms with van der Waals surface area (Å²) in [6, 6.07) is 12.5. The molecule has 1 heterocycles. The Morgan fingerprint density at radius 3 is 2.56 bits per heavy atom. The molecule has 0 aliphatic carbocycles. The van der Waals surface area contributed by atoms with Crippen molar-refractivity contribution in [2.24, 2.45) is 0 Å². The van der Waals surface area contributed by atoms with Gasteiger partial charge in [-0.2, -0.15) is 0 Å². The van der Waals surface area contributed by atoms with Crippen molar-refractivity contribution in [2.45, 2.75) is 13.3 Å². The van der Waals surface area contributed by atoms with Crippen molar-refractivity contribution in [1.82, 2.24) is 5.06 Å². The van der Waals surface area contributed by atoms with Crippen LogP contribution >= 0.6 is 0 Å². The van der Waals surface area contributed by atoms with Crippen molar-refractivity contribution in [3.63, 3.8) is 0 Å². The molecule has 0 fully saturated rings. The third-order valence-electron chi connectivity index (χ3n) is 3.91. The van der Waals surface area contributed by atoms with Gasteiger partial charge in [-0.25, -0.2) is 9.86 Å². The average molecular weight is 340 g/mol. The van der Waals surface area contributed by atoms with Crippen LogP contribution in [0.25, 0.3) is 11.0 Å². The van der Waals surface area contributed by atoms with Crippen molar-refractivity contribution in [1.29, 1.82) is 0 Å². The van der Waals surface area contributed by atoms with Crippen LogP contribution in [0, 0.1) is 0 Å². The highest BCUT2D eigenvalue weighted by molar-refractivity contribution is 5.88. The Hall–Kier alpha value is -2.99. The van der Waals surface area contributed by atoms with Crippen LogP contribution in [0.4, 0.5) is 10.5 Å². The molecule has 130 valence electrons. The van der Waals surface area contributed by atoms with E-state index in [9.17, 15) is 4.79 Å². The quantitative estimate of drug-likeness (QED) is 0.677. The van der Waals surface area contributed by atoms with Gasteiger partial charge < -0.3 is 14.5 Å². The lowest BCUT2D eigenvalue weighted by Gasteiger charge is -2.14. The molecule has 0 atom stereocenters. The number of anilines is 1. The molecule has 0 unspecified atom stereocenters. The lowest BCUT2D eigenvalue weighted by Crippen LogP contribution is -2.30. The van der Waals surface area contributed by atoms with Crippen LogP contribution in [0.2, 0.25) is 0 Å². The van der Waals surface area contributed by atoms with E-state index in [-0.39, 0.29) is 6.03 Å². The molecule has 0 spiro atoms. The second kappa shape index (κ2) is 7.27. The summed E-state index contributed by atoms with van der Waals surface area (Å²) in [6.45, 7) is 2.09. The van der Waals surface area contributed by atoms with Crippen molar-refractivity contribution in [3.8, 4) is 11.5 Å². The molecule has 0 aliphatic rings. The number of rotatable bonds is 5. The second-order valence-corrected chi connectivity index (χ2v) is 5.51. The number of carbonyl (C=O) groups is 1. The number of hydrogen-bond donors (Lipinski definition) is 1. The van der Waals surface area contributed by atoms with E-state index in [1.165, 1.54) is 14.2 Å². The molecule has 6 heteroatoms. The zero-order valence-electron chi connectivity index (χ0n) is 14.4. The molecule has 2 amide bonds. The molecule has 6 nitrogen and oxygen atoms in total. The van der Waals surface area contributed by atoms with Gasteiger partial charge in [0.1, 0.15) is 17.1 Å². The van der Waals surface area contributed by atoms with Crippen LogP contribution < -0.4 is 10.1 Å². The smallest absolute Gasteiger partial charge is 0.345 e. The van der Waals surface area contributed by atoms with Gasteiger partial charge in [0.25, 0.3) is 0 Å². The first-order valence-electron chi connectivity index (χ1n) is 7.97. The Kier molecular flexibility index (Phi) is 4.90. The van der Waals surface area contributed by atoms with Gasteiger partial charge >= 0.3 is 6.03 Å². The summed E-state index contributed by atoms with van der Waals surface area (Å²) in [7, 11) is 2.96. The van der Waals surface area contributed by atoms with E-state index in [1.54, 1.807) is 30.5 Å². The largest absolute Gasteiger partial charge is 0.464 e. The maximum Gasteiger partial charge on any atom is 0.345 e. The molecular weight excluding hydrogens is 320 g/mol. The average Bonchev–Trinajstić information content (AvgIpc) is 3.05. The molecule has 2 aromatic carbocycles. The first-order valence-corrected chi connectivity index (χ1v) is 7.97. The van der Waals surface area contributed by atoms with E-state index in [1.807, 2.05) is 18.2 Å². The van der Waals surface area contributed by atoms with Crippen LogP contribution in [0.1, 0.15) is 12.5 Å². The molecule has 0 saturated carbocycles. The van der Waals surface area contributed by atoms with E-state index in [2.05, 4.69) is 12.2 Å². The summed E-state index contributed by atoms with van der Waals surface area (Å²) in [5, 5.41) is 4.88. The van der Waals surface area contributed by atoms with Gasteiger partial charge in [0, 0.05) is 18.1 Å². The minimum Gasteiger partial charge on any atom is -0.464 e. The highest BCUT2D eigenvalue weighted by Crippen LogP contribution is 2.29. The van der Waals surface area contributed by atoms with Gasteiger partial charge in [0.2, 0.25) is 0 Å².